The number of hydrogen-bond donors (Lipinski definition) is 1. The highest BCUT2D eigenvalue weighted by Crippen LogP contribution is 2.37. The molecule has 0 radical (unpaired) electrons. The predicted molar refractivity (Wildman–Crippen MR) is 79.1 cm³/mol. The van der Waals surface area contributed by atoms with Crippen LogP contribution in [-0.4, -0.2) is 36.3 Å². The molecule has 0 bridgehead atoms. The van der Waals surface area contributed by atoms with Crippen molar-refractivity contribution >= 4 is 32.7 Å². The zero-order chi connectivity index (χ0) is 15.0. The maximum atomic E-state index is 11.5. The molecular weight excluding hydrogens is 290 g/mol. The number of ether oxygens (including phenoxy) is 1. The summed E-state index contributed by atoms with van der Waals surface area (Å²) >= 11 is 1.34. The molecule has 108 valence electrons. The van der Waals surface area contributed by atoms with Gasteiger partial charge in [-0.1, -0.05) is 11.3 Å². The molecule has 0 spiro atoms. The summed E-state index contributed by atoms with van der Waals surface area (Å²) in [5, 5.41) is 19.1. The molecular formula is C14H13N3O3S. The Morgan fingerprint density at radius 1 is 1.62 bits per heavy atom. The van der Waals surface area contributed by atoms with Crippen molar-refractivity contribution in [2.45, 2.75) is 6.42 Å². The molecule has 1 aromatic carbocycles. The average molecular weight is 303 g/mol. The highest BCUT2D eigenvalue weighted by atomic mass is 32.1. The lowest BCUT2D eigenvalue weighted by Crippen LogP contribution is -2.18. The molecule has 1 unspecified atom stereocenters. The Hall–Kier alpha value is -2.33. The number of aromatic nitrogens is 1. The zero-order valence-corrected chi connectivity index (χ0v) is 12.2. The van der Waals surface area contributed by atoms with E-state index in [1.807, 2.05) is 4.90 Å². The number of nitriles is 1. The Balaban J connectivity index is 2.06. The van der Waals surface area contributed by atoms with Gasteiger partial charge in [0.15, 0.2) is 5.13 Å². The van der Waals surface area contributed by atoms with E-state index in [-0.39, 0.29) is 11.5 Å². The molecule has 3 rings (SSSR count). The van der Waals surface area contributed by atoms with Gasteiger partial charge in [-0.15, -0.1) is 0 Å². The molecule has 0 aliphatic carbocycles. The van der Waals surface area contributed by atoms with E-state index in [0.717, 1.165) is 18.1 Å². The van der Waals surface area contributed by atoms with Gasteiger partial charge in [-0.25, -0.2) is 9.78 Å². The number of methoxy groups -OCH3 is 1. The van der Waals surface area contributed by atoms with Gasteiger partial charge < -0.3 is 14.7 Å². The summed E-state index contributed by atoms with van der Waals surface area (Å²) in [7, 11) is 1.45. The second-order valence-electron chi connectivity index (χ2n) is 4.85. The predicted octanol–water partition coefficient (Wildman–Crippen LogP) is 2.35. The molecule has 1 aliphatic heterocycles. The minimum absolute atomic E-state index is 0.0190. The van der Waals surface area contributed by atoms with E-state index in [2.05, 4.69) is 11.1 Å². The fraction of sp³-hybridized carbons (Fsp3) is 0.357. The van der Waals surface area contributed by atoms with Crippen molar-refractivity contribution in [3.8, 4) is 11.8 Å². The van der Waals surface area contributed by atoms with Gasteiger partial charge in [0.25, 0.3) is 0 Å². The normalized spacial score (nSPS) is 17.9. The van der Waals surface area contributed by atoms with Crippen molar-refractivity contribution in [2.75, 3.05) is 25.1 Å². The van der Waals surface area contributed by atoms with Gasteiger partial charge in [0.1, 0.15) is 11.3 Å². The number of hydrogen-bond acceptors (Lipinski definition) is 6. The number of carboxylic acid groups (broad SMARTS) is 1. The molecule has 1 N–H and O–H groups in total. The number of nitrogens with zero attached hydrogens (tertiary/aromatic N) is 3. The smallest absolute Gasteiger partial charge is 0.341 e. The van der Waals surface area contributed by atoms with Crippen molar-refractivity contribution in [1.82, 2.24) is 4.98 Å². The fourth-order valence-electron chi connectivity index (χ4n) is 2.51. The third kappa shape index (κ3) is 2.28. The van der Waals surface area contributed by atoms with Gasteiger partial charge in [0.05, 0.1) is 29.3 Å². The van der Waals surface area contributed by atoms with Crippen LogP contribution in [-0.2, 0) is 0 Å². The Morgan fingerprint density at radius 3 is 3.05 bits per heavy atom. The van der Waals surface area contributed by atoms with Gasteiger partial charge in [-0.2, -0.15) is 5.26 Å². The number of rotatable bonds is 3. The molecule has 1 atom stereocenters. The van der Waals surface area contributed by atoms with E-state index in [4.69, 9.17) is 10.00 Å². The number of benzene rings is 1. The summed E-state index contributed by atoms with van der Waals surface area (Å²) < 4.78 is 5.73. The molecule has 0 amide bonds. The lowest BCUT2D eigenvalue weighted by Gasteiger charge is -2.12. The van der Waals surface area contributed by atoms with Crippen molar-refractivity contribution in [3.05, 3.63) is 17.7 Å². The minimum Gasteiger partial charge on any atom is -0.496 e. The lowest BCUT2D eigenvalue weighted by atomic mass is 10.1. The first-order valence-electron chi connectivity index (χ1n) is 6.49. The Bertz CT molecular complexity index is 750. The Kier molecular flexibility index (Phi) is 3.39. The van der Waals surface area contributed by atoms with Gasteiger partial charge >= 0.3 is 5.97 Å². The van der Waals surface area contributed by atoms with Crippen LogP contribution in [0.25, 0.3) is 10.2 Å². The fourth-order valence-corrected chi connectivity index (χ4v) is 3.64. The first-order chi connectivity index (χ1) is 10.1. The number of anilines is 1. The van der Waals surface area contributed by atoms with E-state index < -0.39 is 5.97 Å². The summed E-state index contributed by atoms with van der Waals surface area (Å²) in [6.45, 7) is 1.42. The van der Waals surface area contributed by atoms with E-state index in [9.17, 15) is 9.90 Å². The molecule has 1 fully saturated rings. The minimum atomic E-state index is -1.02. The quantitative estimate of drug-likeness (QED) is 0.936. The van der Waals surface area contributed by atoms with E-state index in [1.54, 1.807) is 12.1 Å². The number of carbonyl (C=O) groups is 1. The highest BCUT2D eigenvalue weighted by molar-refractivity contribution is 7.22. The van der Waals surface area contributed by atoms with Crippen LogP contribution in [0.4, 0.5) is 5.13 Å². The van der Waals surface area contributed by atoms with Crippen LogP contribution in [0.15, 0.2) is 12.1 Å². The van der Waals surface area contributed by atoms with Crippen LogP contribution >= 0.6 is 11.3 Å². The van der Waals surface area contributed by atoms with Gasteiger partial charge in [-0.05, 0) is 18.6 Å². The maximum Gasteiger partial charge on any atom is 0.341 e. The topological polar surface area (TPSA) is 86.5 Å². The van der Waals surface area contributed by atoms with Crippen LogP contribution in [0, 0.1) is 17.2 Å². The van der Waals surface area contributed by atoms with E-state index >= 15 is 0 Å². The molecule has 2 aromatic rings. The number of thiazole rings is 1. The van der Waals surface area contributed by atoms with E-state index in [1.165, 1.54) is 18.4 Å². The van der Waals surface area contributed by atoms with Gasteiger partial charge in [0, 0.05) is 13.1 Å². The van der Waals surface area contributed by atoms with Crippen molar-refractivity contribution in [3.63, 3.8) is 0 Å². The second kappa shape index (κ2) is 5.22. The van der Waals surface area contributed by atoms with Gasteiger partial charge in [-0.3, -0.25) is 0 Å². The van der Waals surface area contributed by atoms with Crippen LogP contribution in [0.1, 0.15) is 16.8 Å². The summed E-state index contributed by atoms with van der Waals surface area (Å²) in [4.78, 5) is 18.0. The first-order valence-corrected chi connectivity index (χ1v) is 7.31. The molecule has 21 heavy (non-hydrogen) atoms. The molecule has 2 heterocycles. The summed E-state index contributed by atoms with van der Waals surface area (Å²) in [6, 6.07) is 5.65. The molecule has 1 aromatic heterocycles. The number of fused-ring (bicyclic) bond motifs is 1. The summed E-state index contributed by atoms with van der Waals surface area (Å²) in [6.07, 6.45) is 0.821. The molecule has 1 saturated heterocycles. The highest BCUT2D eigenvalue weighted by Gasteiger charge is 2.26. The van der Waals surface area contributed by atoms with Crippen LogP contribution < -0.4 is 9.64 Å². The number of aromatic carboxylic acids is 1. The monoisotopic (exact) mass is 303 g/mol. The molecule has 1 aliphatic rings. The third-order valence-electron chi connectivity index (χ3n) is 3.58. The summed E-state index contributed by atoms with van der Waals surface area (Å²) in [5.41, 5.74) is 0.795. The van der Waals surface area contributed by atoms with Crippen LogP contribution in [0.5, 0.6) is 5.75 Å². The van der Waals surface area contributed by atoms with Gasteiger partial charge in [0.2, 0.25) is 0 Å². The van der Waals surface area contributed by atoms with E-state index in [0.29, 0.717) is 22.5 Å². The largest absolute Gasteiger partial charge is 0.496 e. The molecule has 6 nitrogen and oxygen atoms in total. The molecule has 7 heteroatoms. The molecule has 0 saturated carbocycles. The third-order valence-corrected chi connectivity index (χ3v) is 4.73. The average Bonchev–Trinajstić information content (AvgIpc) is 3.11. The SMILES string of the molecule is COc1ccc2nc(N3CCC(C#N)C3)sc2c1C(=O)O. The number of carboxylic acids is 1. The standard InChI is InChI=1S/C14H13N3O3S/c1-20-10-3-2-9-12(11(10)13(18)19)21-14(16-9)17-5-4-8(6-15)7-17/h2-3,8H,4-5,7H2,1H3,(H,18,19). The second-order valence-corrected chi connectivity index (χ2v) is 5.83. The Morgan fingerprint density at radius 2 is 2.43 bits per heavy atom. The van der Waals surface area contributed by atoms with Crippen LogP contribution in [0.3, 0.4) is 0 Å². The van der Waals surface area contributed by atoms with Crippen LogP contribution in [0.2, 0.25) is 0 Å². The first kappa shape index (κ1) is 13.6. The lowest BCUT2D eigenvalue weighted by molar-refractivity contribution is 0.0696. The van der Waals surface area contributed by atoms with Crippen molar-refractivity contribution in [1.29, 1.82) is 5.26 Å². The summed E-state index contributed by atoms with van der Waals surface area (Å²) in [5.74, 6) is -0.670. The van der Waals surface area contributed by atoms with Crippen molar-refractivity contribution in [2.24, 2.45) is 5.92 Å². The van der Waals surface area contributed by atoms with Crippen molar-refractivity contribution < 1.29 is 14.6 Å². The maximum absolute atomic E-state index is 11.5. The zero-order valence-electron chi connectivity index (χ0n) is 11.4. The Labute approximate surface area is 125 Å².